The van der Waals surface area contributed by atoms with Crippen LogP contribution in [0.25, 0.3) is 0 Å². The maximum Gasteiger partial charge on any atom is 0.0951 e. The Morgan fingerprint density at radius 1 is 1.44 bits per heavy atom. The monoisotopic (exact) mass is 220 g/mol. The van der Waals surface area contributed by atoms with Crippen LogP contribution in [-0.2, 0) is 0 Å². The quantitative estimate of drug-likeness (QED) is 0.801. The summed E-state index contributed by atoms with van der Waals surface area (Å²) in [6.45, 7) is 4.65. The molecule has 0 aromatic carbocycles. The fourth-order valence-corrected chi connectivity index (χ4v) is 2.80. The number of nitrogens with zero attached hydrogens (tertiary/aromatic N) is 3. The summed E-state index contributed by atoms with van der Waals surface area (Å²) in [6.07, 6.45) is 6.69. The predicted molar refractivity (Wildman–Crippen MR) is 63.6 cm³/mol. The number of piperidine rings is 1. The van der Waals surface area contributed by atoms with Crippen molar-refractivity contribution in [2.75, 3.05) is 33.2 Å². The Kier molecular flexibility index (Phi) is 2.69. The Bertz CT molecular complexity index is 356. The highest BCUT2D eigenvalue weighted by molar-refractivity contribution is 5.13. The minimum atomic E-state index is 0.636. The second-order valence-electron chi connectivity index (χ2n) is 5.14. The molecule has 0 saturated carbocycles. The Morgan fingerprint density at radius 3 is 3.00 bits per heavy atom. The van der Waals surface area contributed by atoms with E-state index in [9.17, 15) is 0 Å². The molecule has 0 bridgehead atoms. The lowest BCUT2D eigenvalue weighted by Crippen LogP contribution is -2.42. The van der Waals surface area contributed by atoms with Crippen molar-refractivity contribution in [2.24, 2.45) is 0 Å². The molecule has 3 heterocycles. The SMILES string of the molecule is CN1CCCC(n2cncc2C2CNC2)C1. The van der Waals surface area contributed by atoms with Crippen LogP contribution < -0.4 is 5.32 Å². The molecule has 1 atom stereocenters. The smallest absolute Gasteiger partial charge is 0.0951 e. The minimum Gasteiger partial charge on any atom is -0.330 e. The third-order valence-electron chi connectivity index (χ3n) is 3.89. The lowest BCUT2D eigenvalue weighted by atomic mass is 9.98. The molecule has 2 saturated heterocycles. The van der Waals surface area contributed by atoms with Gasteiger partial charge in [-0.3, -0.25) is 0 Å². The van der Waals surface area contributed by atoms with E-state index in [0.717, 1.165) is 13.1 Å². The van der Waals surface area contributed by atoms with Crippen molar-refractivity contribution in [3.8, 4) is 0 Å². The molecular weight excluding hydrogens is 200 g/mol. The average Bonchev–Trinajstić information content (AvgIpc) is 2.64. The number of imidazole rings is 1. The van der Waals surface area contributed by atoms with E-state index >= 15 is 0 Å². The summed E-state index contributed by atoms with van der Waals surface area (Å²) >= 11 is 0. The summed E-state index contributed by atoms with van der Waals surface area (Å²) < 4.78 is 2.42. The van der Waals surface area contributed by atoms with E-state index in [1.807, 2.05) is 6.33 Å². The van der Waals surface area contributed by atoms with Crippen LogP contribution in [0.15, 0.2) is 12.5 Å². The summed E-state index contributed by atoms with van der Waals surface area (Å²) in [4.78, 5) is 6.77. The van der Waals surface area contributed by atoms with E-state index in [-0.39, 0.29) is 0 Å². The zero-order valence-corrected chi connectivity index (χ0v) is 9.89. The van der Waals surface area contributed by atoms with Gasteiger partial charge in [0.25, 0.3) is 0 Å². The molecule has 2 aliphatic heterocycles. The van der Waals surface area contributed by atoms with Crippen LogP contribution in [-0.4, -0.2) is 47.7 Å². The highest BCUT2D eigenvalue weighted by Crippen LogP contribution is 2.27. The molecule has 0 spiro atoms. The highest BCUT2D eigenvalue weighted by atomic mass is 15.2. The molecule has 1 aromatic heterocycles. The Morgan fingerprint density at radius 2 is 2.31 bits per heavy atom. The Labute approximate surface area is 96.7 Å². The van der Waals surface area contributed by atoms with Crippen LogP contribution in [0, 0.1) is 0 Å². The van der Waals surface area contributed by atoms with Crippen molar-refractivity contribution in [1.82, 2.24) is 19.8 Å². The first kappa shape index (κ1) is 10.3. The first-order valence-electron chi connectivity index (χ1n) is 6.25. The van der Waals surface area contributed by atoms with Crippen LogP contribution in [0.2, 0.25) is 0 Å². The van der Waals surface area contributed by atoms with Gasteiger partial charge in [0.15, 0.2) is 0 Å². The summed E-state index contributed by atoms with van der Waals surface area (Å²) in [5.41, 5.74) is 1.43. The summed E-state index contributed by atoms with van der Waals surface area (Å²) in [5.74, 6) is 0.690. The zero-order chi connectivity index (χ0) is 11.0. The maximum atomic E-state index is 4.34. The van der Waals surface area contributed by atoms with Gasteiger partial charge in [0.05, 0.1) is 6.33 Å². The van der Waals surface area contributed by atoms with Crippen LogP contribution in [0.4, 0.5) is 0 Å². The van der Waals surface area contributed by atoms with E-state index in [1.165, 1.54) is 31.6 Å². The second kappa shape index (κ2) is 4.18. The largest absolute Gasteiger partial charge is 0.330 e. The molecule has 88 valence electrons. The molecular formula is C12H20N4. The topological polar surface area (TPSA) is 33.1 Å². The van der Waals surface area contributed by atoms with Gasteiger partial charge in [0, 0.05) is 43.5 Å². The normalized spacial score (nSPS) is 27.9. The lowest BCUT2D eigenvalue weighted by molar-refractivity contribution is 0.207. The number of likely N-dealkylation sites (tertiary alicyclic amines) is 1. The molecule has 0 radical (unpaired) electrons. The summed E-state index contributed by atoms with van der Waals surface area (Å²) in [5, 5.41) is 3.34. The predicted octanol–water partition coefficient (Wildman–Crippen LogP) is 0.837. The van der Waals surface area contributed by atoms with Gasteiger partial charge in [-0.1, -0.05) is 0 Å². The first-order valence-corrected chi connectivity index (χ1v) is 6.25. The van der Waals surface area contributed by atoms with Gasteiger partial charge in [0.2, 0.25) is 0 Å². The number of likely N-dealkylation sites (N-methyl/N-ethyl adjacent to an activating group) is 1. The standard InChI is InChI=1S/C12H20N4/c1-15-4-2-3-11(8-15)16-9-14-7-12(16)10-5-13-6-10/h7,9-11,13H,2-6,8H2,1H3. The lowest BCUT2D eigenvalue weighted by Gasteiger charge is -2.34. The molecule has 1 aromatic rings. The van der Waals surface area contributed by atoms with Crippen LogP contribution in [0.3, 0.4) is 0 Å². The third kappa shape index (κ3) is 1.76. The molecule has 16 heavy (non-hydrogen) atoms. The van der Waals surface area contributed by atoms with Crippen LogP contribution >= 0.6 is 0 Å². The summed E-state index contributed by atoms with van der Waals surface area (Å²) in [6, 6.07) is 0.636. The molecule has 1 N–H and O–H groups in total. The van der Waals surface area contributed by atoms with E-state index in [2.05, 4.69) is 33.0 Å². The van der Waals surface area contributed by atoms with Crippen LogP contribution in [0.1, 0.15) is 30.5 Å². The Balaban J connectivity index is 1.79. The fraction of sp³-hybridized carbons (Fsp3) is 0.750. The van der Waals surface area contributed by atoms with E-state index in [4.69, 9.17) is 0 Å². The van der Waals surface area contributed by atoms with Gasteiger partial charge in [-0.2, -0.15) is 0 Å². The van der Waals surface area contributed by atoms with Crippen molar-refractivity contribution >= 4 is 0 Å². The van der Waals surface area contributed by atoms with E-state index in [0.29, 0.717) is 12.0 Å². The number of hydrogen-bond acceptors (Lipinski definition) is 3. The van der Waals surface area contributed by atoms with Crippen molar-refractivity contribution in [2.45, 2.75) is 24.8 Å². The second-order valence-corrected chi connectivity index (χ2v) is 5.14. The van der Waals surface area contributed by atoms with E-state index < -0.39 is 0 Å². The van der Waals surface area contributed by atoms with E-state index in [1.54, 1.807) is 0 Å². The zero-order valence-electron chi connectivity index (χ0n) is 9.89. The van der Waals surface area contributed by atoms with Crippen molar-refractivity contribution in [3.05, 3.63) is 18.2 Å². The van der Waals surface area contributed by atoms with Crippen molar-refractivity contribution in [1.29, 1.82) is 0 Å². The molecule has 0 amide bonds. The number of rotatable bonds is 2. The van der Waals surface area contributed by atoms with Gasteiger partial charge in [0.1, 0.15) is 0 Å². The maximum absolute atomic E-state index is 4.34. The Hall–Kier alpha value is -0.870. The number of nitrogens with one attached hydrogen (secondary N) is 1. The van der Waals surface area contributed by atoms with Gasteiger partial charge >= 0.3 is 0 Å². The molecule has 0 aliphatic carbocycles. The third-order valence-corrected chi connectivity index (χ3v) is 3.89. The first-order chi connectivity index (χ1) is 7.84. The van der Waals surface area contributed by atoms with Crippen LogP contribution in [0.5, 0.6) is 0 Å². The molecule has 3 rings (SSSR count). The van der Waals surface area contributed by atoms with Gasteiger partial charge in [-0.15, -0.1) is 0 Å². The average molecular weight is 220 g/mol. The minimum absolute atomic E-state index is 0.636. The molecule has 2 fully saturated rings. The molecule has 4 nitrogen and oxygen atoms in total. The van der Waals surface area contributed by atoms with Gasteiger partial charge in [-0.05, 0) is 26.4 Å². The highest BCUT2D eigenvalue weighted by Gasteiger charge is 2.26. The summed E-state index contributed by atoms with van der Waals surface area (Å²) in [7, 11) is 2.22. The molecule has 4 heteroatoms. The van der Waals surface area contributed by atoms with Gasteiger partial charge in [-0.25, -0.2) is 4.98 Å². The molecule has 2 aliphatic rings. The number of hydrogen-bond donors (Lipinski definition) is 1. The number of aromatic nitrogens is 2. The van der Waals surface area contributed by atoms with Crippen molar-refractivity contribution in [3.63, 3.8) is 0 Å². The fourth-order valence-electron chi connectivity index (χ4n) is 2.80. The van der Waals surface area contributed by atoms with Gasteiger partial charge < -0.3 is 14.8 Å². The van der Waals surface area contributed by atoms with Crippen molar-refractivity contribution < 1.29 is 0 Å². The molecule has 1 unspecified atom stereocenters.